The maximum Gasteiger partial charge on any atom is 0.204 e. The predicted octanol–water partition coefficient (Wildman–Crippen LogP) is 4.46. The number of hydrogen-bond acceptors (Lipinski definition) is 3. The lowest BCUT2D eigenvalue weighted by Gasteiger charge is -2.08. The van der Waals surface area contributed by atoms with Gasteiger partial charge in [-0.15, -0.1) is 0 Å². The van der Waals surface area contributed by atoms with Gasteiger partial charge in [-0.05, 0) is 44.0 Å². The van der Waals surface area contributed by atoms with Crippen molar-refractivity contribution < 1.29 is 9.15 Å². The van der Waals surface area contributed by atoms with Gasteiger partial charge in [-0.3, -0.25) is 4.79 Å². The van der Waals surface area contributed by atoms with E-state index in [-0.39, 0.29) is 5.43 Å². The molecule has 0 fully saturated rings. The molecule has 3 aromatic rings. The SMILES string of the molecule is COc1cccc2oc3cccc(CC=C(C)C)c3c(=O)c12. The van der Waals surface area contributed by atoms with Crippen LogP contribution < -0.4 is 10.2 Å². The first-order chi connectivity index (χ1) is 10.6. The summed E-state index contributed by atoms with van der Waals surface area (Å²) < 4.78 is 11.2. The second-order valence-corrected chi connectivity index (χ2v) is 5.54. The van der Waals surface area contributed by atoms with Crippen LogP contribution in [0.2, 0.25) is 0 Å². The summed E-state index contributed by atoms with van der Waals surface area (Å²) in [5.74, 6) is 0.546. The van der Waals surface area contributed by atoms with Gasteiger partial charge in [0.05, 0.1) is 12.5 Å². The first-order valence-corrected chi connectivity index (χ1v) is 7.26. The summed E-state index contributed by atoms with van der Waals surface area (Å²) in [7, 11) is 1.56. The number of benzene rings is 2. The van der Waals surface area contributed by atoms with Crippen LogP contribution in [0.15, 0.2) is 57.3 Å². The molecule has 1 aromatic heterocycles. The fourth-order valence-electron chi connectivity index (χ4n) is 2.64. The molecule has 112 valence electrons. The molecule has 0 unspecified atom stereocenters. The molecule has 0 radical (unpaired) electrons. The highest BCUT2D eigenvalue weighted by Crippen LogP contribution is 2.27. The highest BCUT2D eigenvalue weighted by molar-refractivity contribution is 5.94. The number of rotatable bonds is 3. The third-order valence-corrected chi connectivity index (χ3v) is 3.72. The molecule has 0 saturated heterocycles. The van der Waals surface area contributed by atoms with Crippen LogP contribution in [0.4, 0.5) is 0 Å². The zero-order chi connectivity index (χ0) is 15.7. The van der Waals surface area contributed by atoms with Crippen LogP contribution in [0.3, 0.4) is 0 Å². The lowest BCUT2D eigenvalue weighted by Crippen LogP contribution is -2.06. The van der Waals surface area contributed by atoms with E-state index >= 15 is 0 Å². The van der Waals surface area contributed by atoms with Crippen LogP contribution >= 0.6 is 0 Å². The Bertz CT molecular complexity index is 928. The molecule has 1 heterocycles. The quantitative estimate of drug-likeness (QED) is 0.528. The molecular formula is C19H18O3. The molecule has 0 N–H and O–H groups in total. The summed E-state index contributed by atoms with van der Waals surface area (Å²) in [5.41, 5.74) is 3.33. The van der Waals surface area contributed by atoms with Crippen molar-refractivity contribution >= 4 is 21.9 Å². The molecule has 0 spiro atoms. The third-order valence-electron chi connectivity index (χ3n) is 3.72. The summed E-state index contributed by atoms with van der Waals surface area (Å²) >= 11 is 0. The highest BCUT2D eigenvalue weighted by atomic mass is 16.5. The predicted molar refractivity (Wildman–Crippen MR) is 89.7 cm³/mol. The number of ether oxygens (including phenoxy) is 1. The van der Waals surface area contributed by atoms with Gasteiger partial charge in [0.1, 0.15) is 22.3 Å². The molecule has 3 heteroatoms. The van der Waals surface area contributed by atoms with Gasteiger partial charge in [-0.2, -0.15) is 0 Å². The lowest BCUT2D eigenvalue weighted by molar-refractivity contribution is 0.419. The van der Waals surface area contributed by atoms with Crippen molar-refractivity contribution in [3.63, 3.8) is 0 Å². The van der Waals surface area contributed by atoms with Crippen molar-refractivity contribution in [1.82, 2.24) is 0 Å². The standard InChI is InChI=1S/C19H18O3/c1-12(2)10-11-13-6-4-8-15-17(13)19(20)18-14(21-3)7-5-9-16(18)22-15/h4-10H,11H2,1-3H3. The molecule has 3 nitrogen and oxygen atoms in total. The minimum atomic E-state index is -0.0357. The van der Waals surface area contributed by atoms with Gasteiger partial charge in [-0.25, -0.2) is 0 Å². The number of fused-ring (bicyclic) bond motifs is 2. The van der Waals surface area contributed by atoms with Gasteiger partial charge in [0.15, 0.2) is 0 Å². The zero-order valence-corrected chi connectivity index (χ0v) is 13.0. The first-order valence-electron chi connectivity index (χ1n) is 7.26. The van der Waals surface area contributed by atoms with E-state index in [1.807, 2.05) is 38.1 Å². The van der Waals surface area contributed by atoms with Crippen molar-refractivity contribution in [3.8, 4) is 5.75 Å². The van der Waals surface area contributed by atoms with Gasteiger partial charge < -0.3 is 9.15 Å². The van der Waals surface area contributed by atoms with E-state index in [0.29, 0.717) is 34.1 Å². The Morgan fingerprint density at radius 1 is 1.09 bits per heavy atom. The fourth-order valence-corrected chi connectivity index (χ4v) is 2.64. The highest BCUT2D eigenvalue weighted by Gasteiger charge is 2.14. The largest absolute Gasteiger partial charge is 0.496 e. The fraction of sp³-hybridized carbons (Fsp3) is 0.211. The van der Waals surface area contributed by atoms with Crippen molar-refractivity contribution in [2.45, 2.75) is 20.3 Å². The van der Waals surface area contributed by atoms with Gasteiger partial charge in [0.2, 0.25) is 5.43 Å². The minimum absolute atomic E-state index is 0.0357. The van der Waals surface area contributed by atoms with Gasteiger partial charge in [-0.1, -0.05) is 29.8 Å². The summed E-state index contributed by atoms with van der Waals surface area (Å²) in [6.07, 6.45) is 2.83. The Labute approximate surface area is 128 Å². The minimum Gasteiger partial charge on any atom is -0.496 e. The molecule has 0 atom stereocenters. The molecule has 0 bridgehead atoms. The number of methoxy groups -OCH3 is 1. The maximum atomic E-state index is 13.0. The monoisotopic (exact) mass is 294 g/mol. The Hall–Kier alpha value is -2.55. The molecule has 0 aliphatic heterocycles. The summed E-state index contributed by atoms with van der Waals surface area (Å²) in [5, 5.41) is 1.14. The van der Waals surface area contributed by atoms with Gasteiger partial charge >= 0.3 is 0 Å². The number of allylic oxidation sites excluding steroid dienone is 2. The molecule has 0 aliphatic rings. The lowest BCUT2D eigenvalue weighted by atomic mass is 10.0. The summed E-state index contributed by atoms with van der Waals surface area (Å²) in [6.45, 7) is 4.10. The number of hydrogen-bond donors (Lipinski definition) is 0. The van der Waals surface area contributed by atoms with E-state index in [0.717, 1.165) is 5.56 Å². The van der Waals surface area contributed by atoms with Crippen molar-refractivity contribution in [1.29, 1.82) is 0 Å². The van der Waals surface area contributed by atoms with Crippen LogP contribution in [0.25, 0.3) is 21.9 Å². The molecule has 2 aromatic carbocycles. The molecule has 22 heavy (non-hydrogen) atoms. The Morgan fingerprint density at radius 2 is 1.77 bits per heavy atom. The Balaban J connectivity index is 2.39. The van der Waals surface area contributed by atoms with E-state index in [9.17, 15) is 4.79 Å². The smallest absolute Gasteiger partial charge is 0.204 e. The van der Waals surface area contributed by atoms with E-state index in [1.165, 1.54) is 5.57 Å². The van der Waals surface area contributed by atoms with Gasteiger partial charge in [0.25, 0.3) is 0 Å². The molecule has 3 rings (SSSR count). The molecule has 0 saturated carbocycles. The topological polar surface area (TPSA) is 39.4 Å². The zero-order valence-electron chi connectivity index (χ0n) is 13.0. The average molecular weight is 294 g/mol. The second kappa shape index (κ2) is 5.68. The first kappa shape index (κ1) is 14.4. The van der Waals surface area contributed by atoms with E-state index in [4.69, 9.17) is 9.15 Å². The Kier molecular flexibility index (Phi) is 3.72. The van der Waals surface area contributed by atoms with Crippen LogP contribution in [0, 0.1) is 0 Å². The molecule has 0 aliphatic carbocycles. The summed E-state index contributed by atoms with van der Waals surface area (Å²) in [6, 6.07) is 11.1. The van der Waals surface area contributed by atoms with Crippen molar-refractivity contribution in [3.05, 3.63) is 63.8 Å². The van der Waals surface area contributed by atoms with E-state index in [2.05, 4.69) is 6.08 Å². The van der Waals surface area contributed by atoms with Gasteiger partial charge in [0, 0.05) is 0 Å². The van der Waals surface area contributed by atoms with Crippen LogP contribution in [0.1, 0.15) is 19.4 Å². The van der Waals surface area contributed by atoms with Crippen LogP contribution in [-0.2, 0) is 6.42 Å². The molecule has 0 amide bonds. The normalized spacial score (nSPS) is 10.9. The third kappa shape index (κ3) is 2.39. The van der Waals surface area contributed by atoms with Crippen LogP contribution in [-0.4, -0.2) is 7.11 Å². The molecular weight excluding hydrogens is 276 g/mol. The van der Waals surface area contributed by atoms with Crippen LogP contribution in [0.5, 0.6) is 5.75 Å². The second-order valence-electron chi connectivity index (χ2n) is 5.54. The Morgan fingerprint density at radius 3 is 2.45 bits per heavy atom. The maximum absolute atomic E-state index is 13.0. The van der Waals surface area contributed by atoms with Crippen molar-refractivity contribution in [2.24, 2.45) is 0 Å². The van der Waals surface area contributed by atoms with Crippen molar-refractivity contribution in [2.75, 3.05) is 7.11 Å². The average Bonchev–Trinajstić information content (AvgIpc) is 2.52. The van der Waals surface area contributed by atoms with E-state index in [1.54, 1.807) is 19.2 Å². The van der Waals surface area contributed by atoms with E-state index < -0.39 is 0 Å². The summed E-state index contributed by atoms with van der Waals surface area (Å²) in [4.78, 5) is 13.0.